The number of nitrogens with two attached hydrogens (primary N) is 1. The maximum atomic E-state index is 5.53. The Kier molecular flexibility index (Phi) is 1.62. The van der Waals surface area contributed by atoms with Crippen LogP contribution in [0.3, 0.4) is 0 Å². The summed E-state index contributed by atoms with van der Waals surface area (Å²) in [6, 6.07) is 0. The van der Waals surface area contributed by atoms with Crippen molar-refractivity contribution in [3.05, 3.63) is 11.9 Å². The lowest BCUT2D eigenvalue weighted by molar-refractivity contribution is 0.880. The van der Waals surface area contributed by atoms with E-state index < -0.39 is 0 Å². The molecular weight excluding hydrogens is 138 g/mol. The van der Waals surface area contributed by atoms with Gasteiger partial charge in [0.15, 0.2) is 5.95 Å². The van der Waals surface area contributed by atoms with Crippen molar-refractivity contribution < 1.29 is 0 Å². The fourth-order valence-corrected chi connectivity index (χ4v) is 0.833. The molecule has 1 aromatic heterocycles. The molecule has 2 N–H and O–H groups in total. The number of hydrogen-bond donors (Lipinski definition) is 1. The summed E-state index contributed by atoms with van der Waals surface area (Å²) in [4.78, 5) is 3.84. The fraction of sp³-hybridized carbons (Fsp3) is 0.400. The van der Waals surface area contributed by atoms with Crippen LogP contribution in [0.1, 0.15) is 5.69 Å². The van der Waals surface area contributed by atoms with E-state index in [0.717, 1.165) is 5.69 Å². The van der Waals surface area contributed by atoms with Crippen molar-refractivity contribution in [3.8, 4) is 0 Å². The highest BCUT2D eigenvalue weighted by atomic mass is 35.5. The van der Waals surface area contributed by atoms with E-state index >= 15 is 0 Å². The largest absolute Gasteiger partial charge is 0.369 e. The average molecular weight is 146 g/mol. The van der Waals surface area contributed by atoms with Gasteiger partial charge >= 0.3 is 0 Å². The summed E-state index contributed by atoms with van der Waals surface area (Å²) in [7, 11) is 1.83. The molecule has 0 saturated carbocycles. The van der Waals surface area contributed by atoms with Crippen LogP contribution in [0.4, 0.5) is 5.95 Å². The predicted molar refractivity (Wildman–Crippen MR) is 37.2 cm³/mol. The molecule has 0 atom stereocenters. The topological polar surface area (TPSA) is 43.8 Å². The second-order valence-corrected chi connectivity index (χ2v) is 2.07. The molecule has 1 rings (SSSR count). The molecule has 0 aromatic carbocycles. The van der Waals surface area contributed by atoms with Crippen LogP contribution >= 0.6 is 11.6 Å². The van der Waals surface area contributed by atoms with E-state index in [1.54, 1.807) is 10.8 Å². The van der Waals surface area contributed by atoms with Crippen molar-refractivity contribution in [1.82, 2.24) is 9.55 Å². The van der Waals surface area contributed by atoms with E-state index in [2.05, 4.69) is 4.98 Å². The zero-order valence-corrected chi connectivity index (χ0v) is 5.89. The molecule has 0 amide bonds. The van der Waals surface area contributed by atoms with Crippen LogP contribution in [0.25, 0.3) is 0 Å². The van der Waals surface area contributed by atoms with Crippen LogP contribution in [-0.2, 0) is 12.9 Å². The van der Waals surface area contributed by atoms with Gasteiger partial charge in [0.25, 0.3) is 0 Å². The van der Waals surface area contributed by atoms with Crippen molar-refractivity contribution >= 4 is 17.5 Å². The number of alkyl halides is 1. The zero-order chi connectivity index (χ0) is 6.85. The molecule has 50 valence electrons. The molecule has 1 aromatic rings. The number of anilines is 1. The van der Waals surface area contributed by atoms with E-state index in [-0.39, 0.29) is 0 Å². The van der Waals surface area contributed by atoms with Gasteiger partial charge in [-0.25, -0.2) is 4.98 Å². The summed E-state index contributed by atoms with van der Waals surface area (Å²) in [5.41, 5.74) is 6.35. The second-order valence-electron chi connectivity index (χ2n) is 1.80. The van der Waals surface area contributed by atoms with Gasteiger partial charge in [0.05, 0.1) is 17.8 Å². The van der Waals surface area contributed by atoms with Crippen LogP contribution in [0.2, 0.25) is 0 Å². The molecule has 0 saturated heterocycles. The van der Waals surface area contributed by atoms with Crippen molar-refractivity contribution in [3.63, 3.8) is 0 Å². The standard InChI is InChI=1S/C5H8ClN3/c1-9-4(2-6)3-8-5(9)7/h3H,2H2,1H3,(H2,7,8). The molecule has 0 aliphatic rings. The maximum Gasteiger partial charge on any atom is 0.200 e. The van der Waals surface area contributed by atoms with Crippen LogP contribution in [0, 0.1) is 0 Å². The first-order valence-corrected chi connectivity index (χ1v) is 3.11. The number of nitrogens with zero attached hydrogens (tertiary/aromatic N) is 2. The first-order valence-electron chi connectivity index (χ1n) is 2.57. The Morgan fingerprint density at radius 1 is 1.89 bits per heavy atom. The molecule has 4 heteroatoms. The number of imidazole rings is 1. The highest BCUT2D eigenvalue weighted by molar-refractivity contribution is 6.16. The van der Waals surface area contributed by atoms with E-state index in [1.807, 2.05) is 7.05 Å². The minimum absolute atomic E-state index is 0.459. The van der Waals surface area contributed by atoms with Gasteiger partial charge in [-0.1, -0.05) is 0 Å². The van der Waals surface area contributed by atoms with Gasteiger partial charge < -0.3 is 10.3 Å². The normalized spacial score (nSPS) is 10.0. The lowest BCUT2D eigenvalue weighted by atomic mass is 10.5. The maximum absolute atomic E-state index is 5.53. The molecule has 0 bridgehead atoms. The third kappa shape index (κ3) is 1.00. The lowest BCUT2D eigenvalue weighted by Gasteiger charge is -1.96. The summed E-state index contributed by atoms with van der Waals surface area (Å²) in [6.45, 7) is 0. The summed E-state index contributed by atoms with van der Waals surface area (Å²) in [5, 5.41) is 0. The molecule has 0 aliphatic heterocycles. The SMILES string of the molecule is Cn1c(CCl)cnc1N. The molecule has 0 radical (unpaired) electrons. The summed E-state index contributed by atoms with van der Waals surface area (Å²) in [6.07, 6.45) is 1.67. The molecular formula is C5H8ClN3. The van der Waals surface area contributed by atoms with E-state index in [0.29, 0.717) is 11.8 Å². The minimum atomic E-state index is 0.459. The number of rotatable bonds is 1. The molecule has 0 fully saturated rings. The molecule has 1 heterocycles. The second kappa shape index (κ2) is 2.27. The Balaban J connectivity index is 3.04. The highest BCUT2D eigenvalue weighted by Crippen LogP contribution is 2.05. The quantitative estimate of drug-likeness (QED) is 0.593. The Morgan fingerprint density at radius 3 is 2.78 bits per heavy atom. The predicted octanol–water partition coefficient (Wildman–Crippen LogP) is 0.741. The number of nitrogen functional groups attached to an aromatic ring is 1. The summed E-state index contributed by atoms with van der Waals surface area (Å²) >= 11 is 5.53. The highest BCUT2D eigenvalue weighted by Gasteiger charge is 1.98. The Labute approximate surface area is 58.4 Å². The van der Waals surface area contributed by atoms with E-state index in [1.165, 1.54) is 0 Å². The Morgan fingerprint density at radius 2 is 2.56 bits per heavy atom. The van der Waals surface area contributed by atoms with Crippen molar-refractivity contribution in [1.29, 1.82) is 0 Å². The number of hydrogen-bond acceptors (Lipinski definition) is 2. The molecule has 0 spiro atoms. The van der Waals surface area contributed by atoms with Crippen LogP contribution in [0.15, 0.2) is 6.20 Å². The van der Waals surface area contributed by atoms with Crippen LogP contribution in [-0.4, -0.2) is 9.55 Å². The third-order valence-corrected chi connectivity index (χ3v) is 1.53. The van der Waals surface area contributed by atoms with Gasteiger partial charge in [-0.3, -0.25) is 0 Å². The minimum Gasteiger partial charge on any atom is -0.369 e. The van der Waals surface area contributed by atoms with E-state index in [9.17, 15) is 0 Å². The van der Waals surface area contributed by atoms with Gasteiger partial charge in [-0.05, 0) is 0 Å². The van der Waals surface area contributed by atoms with Crippen molar-refractivity contribution in [2.45, 2.75) is 5.88 Å². The lowest BCUT2D eigenvalue weighted by Crippen LogP contribution is -1.99. The van der Waals surface area contributed by atoms with Crippen LogP contribution < -0.4 is 5.73 Å². The van der Waals surface area contributed by atoms with Gasteiger partial charge in [0.1, 0.15) is 0 Å². The summed E-state index contributed by atoms with van der Waals surface area (Å²) < 4.78 is 1.76. The monoisotopic (exact) mass is 145 g/mol. The van der Waals surface area contributed by atoms with Gasteiger partial charge in [0.2, 0.25) is 0 Å². The zero-order valence-electron chi connectivity index (χ0n) is 5.13. The first-order chi connectivity index (χ1) is 4.25. The van der Waals surface area contributed by atoms with Gasteiger partial charge in [-0.15, -0.1) is 11.6 Å². The summed E-state index contributed by atoms with van der Waals surface area (Å²) in [5.74, 6) is 0.964. The average Bonchev–Trinajstić information content (AvgIpc) is 2.15. The smallest absolute Gasteiger partial charge is 0.200 e. The Bertz CT molecular complexity index is 206. The number of aromatic nitrogens is 2. The molecule has 3 nitrogen and oxygen atoms in total. The Hall–Kier alpha value is -0.700. The first kappa shape index (κ1) is 6.42. The van der Waals surface area contributed by atoms with Gasteiger partial charge in [0, 0.05) is 7.05 Å². The molecule has 0 unspecified atom stereocenters. The van der Waals surface area contributed by atoms with Crippen molar-refractivity contribution in [2.75, 3.05) is 5.73 Å². The number of halogens is 1. The van der Waals surface area contributed by atoms with Crippen LogP contribution in [0.5, 0.6) is 0 Å². The van der Waals surface area contributed by atoms with E-state index in [4.69, 9.17) is 17.3 Å². The van der Waals surface area contributed by atoms with Crippen molar-refractivity contribution in [2.24, 2.45) is 7.05 Å². The van der Waals surface area contributed by atoms with Gasteiger partial charge in [-0.2, -0.15) is 0 Å². The third-order valence-electron chi connectivity index (χ3n) is 1.26. The fourth-order valence-electron chi connectivity index (χ4n) is 0.585. The molecule has 9 heavy (non-hydrogen) atoms. The molecule has 0 aliphatic carbocycles.